The smallest absolute Gasteiger partial charge is 0.228 e. The Morgan fingerprint density at radius 3 is 2.72 bits per heavy atom. The first-order chi connectivity index (χ1) is 19.2. The van der Waals surface area contributed by atoms with Crippen molar-refractivity contribution >= 4 is 44.9 Å². The molecule has 7 aromatic rings. The van der Waals surface area contributed by atoms with Crippen LogP contribution in [0.3, 0.4) is 0 Å². The molecule has 6 aromatic heterocycles. The Bertz CT molecular complexity index is 1940. The highest BCUT2D eigenvalue weighted by molar-refractivity contribution is 7.13. The third kappa shape index (κ3) is 4.45. The number of hydrogen-bond acceptors (Lipinski definition) is 6. The van der Waals surface area contributed by atoms with Gasteiger partial charge in [-0.3, -0.25) is 19.9 Å². The predicted molar refractivity (Wildman–Crippen MR) is 154 cm³/mol. The highest BCUT2D eigenvalue weighted by Gasteiger charge is 2.16. The van der Waals surface area contributed by atoms with E-state index < -0.39 is 0 Å². The maximum atomic E-state index is 12.6. The number of rotatable bonds is 6. The van der Waals surface area contributed by atoms with Crippen molar-refractivity contribution in [3.05, 3.63) is 102 Å². The average molecular weight is 528 g/mol. The molecule has 0 saturated carbocycles. The number of aromatic amines is 2. The molecule has 0 atom stereocenters. The summed E-state index contributed by atoms with van der Waals surface area (Å²) in [5.41, 5.74) is 7.50. The van der Waals surface area contributed by atoms with E-state index in [1.54, 1.807) is 29.9 Å². The maximum Gasteiger partial charge on any atom is 0.228 e. The fourth-order valence-corrected chi connectivity index (χ4v) is 5.48. The molecule has 0 saturated heterocycles. The first-order valence-electron chi connectivity index (χ1n) is 12.4. The van der Waals surface area contributed by atoms with Crippen LogP contribution in [0.5, 0.6) is 0 Å². The molecule has 0 radical (unpaired) electrons. The molecule has 39 heavy (non-hydrogen) atoms. The van der Waals surface area contributed by atoms with Gasteiger partial charge < -0.3 is 10.3 Å². The van der Waals surface area contributed by atoms with Crippen molar-refractivity contribution in [1.82, 2.24) is 30.1 Å². The quantitative estimate of drug-likeness (QED) is 0.229. The van der Waals surface area contributed by atoms with Gasteiger partial charge in [-0.25, -0.2) is 4.98 Å². The van der Waals surface area contributed by atoms with Crippen LogP contribution in [0.4, 0.5) is 5.69 Å². The molecule has 1 amide bonds. The zero-order valence-corrected chi connectivity index (χ0v) is 21.4. The minimum atomic E-state index is -0.102. The Hall–Kier alpha value is -5.15. The molecule has 9 heteroatoms. The molecule has 7 rings (SSSR count). The van der Waals surface area contributed by atoms with E-state index in [9.17, 15) is 4.79 Å². The van der Waals surface area contributed by atoms with E-state index in [0.717, 1.165) is 55.7 Å². The highest BCUT2D eigenvalue weighted by Crippen LogP contribution is 2.35. The molecular formula is C30H21N7OS. The molecule has 188 valence electrons. The van der Waals surface area contributed by atoms with E-state index in [-0.39, 0.29) is 5.91 Å². The maximum absolute atomic E-state index is 12.6. The van der Waals surface area contributed by atoms with Crippen molar-refractivity contribution in [2.24, 2.45) is 0 Å². The zero-order valence-electron chi connectivity index (χ0n) is 20.6. The number of fused-ring (bicyclic) bond motifs is 2. The summed E-state index contributed by atoms with van der Waals surface area (Å²) in [5, 5.41) is 14.7. The average Bonchev–Trinajstić information content (AvgIpc) is 3.73. The molecule has 1 aromatic carbocycles. The van der Waals surface area contributed by atoms with E-state index in [2.05, 4.69) is 53.0 Å². The second kappa shape index (κ2) is 9.62. The summed E-state index contributed by atoms with van der Waals surface area (Å²) in [6.07, 6.45) is 7.25. The van der Waals surface area contributed by atoms with Gasteiger partial charge in [-0.1, -0.05) is 36.4 Å². The summed E-state index contributed by atoms with van der Waals surface area (Å²) in [7, 11) is 0. The normalized spacial score (nSPS) is 11.3. The Morgan fingerprint density at radius 1 is 0.923 bits per heavy atom. The molecule has 3 N–H and O–H groups in total. The minimum absolute atomic E-state index is 0.102. The number of pyridine rings is 3. The number of carbonyl (C=O) groups excluding carboxylic acids is 1. The molecule has 0 aliphatic carbocycles. The van der Waals surface area contributed by atoms with Crippen molar-refractivity contribution in [1.29, 1.82) is 0 Å². The molecule has 8 nitrogen and oxygen atoms in total. The standard InChI is InChI=1S/C30H21N7OS/c38-28(11-18-5-2-1-3-6-18)34-20-12-19(15-31-16-20)24-14-23-26(17-33-24)36-37-29(23)25-13-22-21(27-7-4-10-39-27)8-9-32-30(22)35-25/h1-10,12-17H,11H2,(H,32,35)(H,34,38)(H,36,37). The van der Waals surface area contributed by atoms with Gasteiger partial charge in [-0.05, 0) is 41.3 Å². The Balaban J connectivity index is 1.21. The Morgan fingerprint density at radius 2 is 1.85 bits per heavy atom. The van der Waals surface area contributed by atoms with Gasteiger partial charge in [0.15, 0.2) is 0 Å². The van der Waals surface area contributed by atoms with E-state index in [1.165, 1.54) is 4.88 Å². The second-order valence-electron chi connectivity index (χ2n) is 9.14. The van der Waals surface area contributed by atoms with Crippen LogP contribution in [-0.2, 0) is 11.2 Å². The largest absolute Gasteiger partial charge is 0.338 e. The number of nitrogens with zero attached hydrogens (tertiary/aromatic N) is 4. The van der Waals surface area contributed by atoms with E-state index in [1.807, 2.05) is 60.8 Å². The van der Waals surface area contributed by atoms with Crippen molar-refractivity contribution in [2.75, 3.05) is 5.32 Å². The number of thiophene rings is 1. The number of hydrogen-bond donors (Lipinski definition) is 3. The Labute approximate surface area is 226 Å². The zero-order chi connectivity index (χ0) is 26.2. The first-order valence-corrected chi connectivity index (χ1v) is 13.2. The number of aromatic nitrogens is 6. The molecular weight excluding hydrogens is 506 g/mol. The molecule has 6 heterocycles. The minimum Gasteiger partial charge on any atom is -0.338 e. The van der Waals surface area contributed by atoms with Crippen LogP contribution in [-0.4, -0.2) is 36.0 Å². The summed E-state index contributed by atoms with van der Waals surface area (Å²) < 4.78 is 0. The van der Waals surface area contributed by atoms with Gasteiger partial charge in [0.2, 0.25) is 5.91 Å². The lowest BCUT2D eigenvalue weighted by Gasteiger charge is -2.07. The van der Waals surface area contributed by atoms with Gasteiger partial charge >= 0.3 is 0 Å². The number of benzene rings is 1. The van der Waals surface area contributed by atoms with Crippen LogP contribution >= 0.6 is 11.3 Å². The van der Waals surface area contributed by atoms with Crippen LogP contribution < -0.4 is 5.32 Å². The molecule has 0 bridgehead atoms. The monoisotopic (exact) mass is 527 g/mol. The number of carbonyl (C=O) groups is 1. The lowest BCUT2D eigenvalue weighted by atomic mass is 10.1. The van der Waals surface area contributed by atoms with Crippen LogP contribution in [0.2, 0.25) is 0 Å². The van der Waals surface area contributed by atoms with Gasteiger partial charge in [0.25, 0.3) is 0 Å². The number of amides is 1. The van der Waals surface area contributed by atoms with Crippen molar-refractivity contribution in [2.45, 2.75) is 6.42 Å². The van der Waals surface area contributed by atoms with Gasteiger partial charge in [0.05, 0.1) is 41.4 Å². The molecule has 0 unspecified atom stereocenters. The molecule has 0 spiro atoms. The highest BCUT2D eigenvalue weighted by atomic mass is 32.1. The van der Waals surface area contributed by atoms with Crippen molar-refractivity contribution < 1.29 is 4.79 Å². The van der Waals surface area contributed by atoms with Gasteiger partial charge in [0, 0.05) is 39.2 Å². The van der Waals surface area contributed by atoms with E-state index in [0.29, 0.717) is 12.1 Å². The summed E-state index contributed by atoms with van der Waals surface area (Å²) >= 11 is 1.70. The fourth-order valence-electron chi connectivity index (χ4n) is 4.72. The van der Waals surface area contributed by atoms with Crippen molar-refractivity contribution in [3.8, 4) is 33.1 Å². The topological polar surface area (TPSA) is 112 Å². The summed E-state index contributed by atoms with van der Waals surface area (Å²) in [5.74, 6) is -0.102. The number of anilines is 1. The van der Waals surface area contributed by atoms with Gasteiger partial charge in [0.1, 0.15) is 11.3 Å². The number of nitrogens with one attached hydrogen (secondary N) is 3. The first kappa shape index (κ1) is 23.0. The van der Waals surface area contributed by atoms with Gasteiger partial charge in [-0.2, -0.15) is 5.10 Å². The SMILES string of the molecule is O=C(Cc1ccccc1)Nc1cncc(-c2cc3c(-c4cc5c(-c6cccs6)ccnc5[nH]4)n[nH]c3cn2)c1. The Kier molecular flexibility index (Phi) is 5.68. The van der Waals surface area contributed by atoms with Crippen LogP contribution in [0.15, 0.2) is 96.9 Å². The molecule has 0 aliphatic heterocycles. The number of H-pyrrole nitrogens is 2. The van der Waals surface area contributed by atoms with Crippen LogP contribution in [0.1, 0.15) is 5.56 Å². The van der Waals surface area contributed by atoms with Crippen molar-refractivity contribution in [3.63, 3.8) is 0 Å². The van der Waals surface area contributed by atoms with E-state index >= 15 is 0 Å². The summed E-state index contributed by atoms with van der Waals surface area (Å²) in [6.45, 7) is 0. The second-order valence-corrected chi connectivity index (χ2v) is 10.1. The summed E-state index contributed by atoms with van der Waals surface area (Å²) in [6, 6.07) is 21.8. The third-order valence-electron chi connectivity index (χ3n) is 6.55. The summed E-state index contributed by atoms with van der Waals surface area (Å²) in [4.78, 5) is 30.7. The third-order valence-corrected chi connectivity index (χ3v) is 7.45. The molecule has 0 aliphatic rings. The lowest BCUT2D eigenvalue weighted by molar-refractivity contribution is -0.115. The predicted octanol–water partition coefficient (Wildman–Crippen LogP) is 6.47. The molecule has 0 fully saturated rings. The van der Waals surface area contributed by atoms with Crippen LogP contribution in [0.25, 0.3) is 55.0 Å². The van der Waals surface area contributed by atoms with Crippen LogP contribution in [0, 0.1) is 0 Å². The van der Waals surface area contributed by atoms with E-state index in [4.69, 9.17) is 0 Å². The lowest BCUT2D eigenvalue weighted by Crippen LogP contribution is -2.14. The fraction of sp³-hybridized carbons (Fsp3) is 0.0333. The van der Waals surface area contributed by atoms with Gasteiger partial charge in [-0.15, -0.1) is 11.3 Å².